The van der Waals surface area contributed by atoms with Gasteiger partial charge < -0.3 is 4.90 Å². The normalized spacial score (nSPS) is 15.8. The number of anilines is 1. The molecular formula is C25H20Cl2N2O3. The number of nitrogens with zero attached hydrogens (tertiary/aromatic N) is 2. The van der Waals surface area contributed by atoms with Crippen LogP contribution < -0.4 is 4.90 Å². The maximum absolute atomic E-state index is 13.6. The summed E-state index contributed by atoms with van der Waals surface area (Å²) in [7, 11) is 0. The van der Waals surface area contributed by atoms with Crippen molar-refractivity contribution in [3.05, 3.63) is 99.5 Å². The van der Waals surface area contributed by atoms with E-state index in [1.165, 1.54) is 4.90 Å². The molecule has 7 heteroatoms. The lowest BCUT2D eigenvalue weighted by atomic mass is 10.0. The number of imide groups is 1. The van der Waals surface area contributed by atoms with Gasteiger partial charge in [-0.15, -0.1) is 0 Å². The molecule has 1 heterocycles. The Kier molecular flexibility index (Phi) is 6.31. The summed E-state index contributed by atoms with van der Waals surface area (Å²) in [4.78, 5) is 42.4. The van der Waals surface area contributed by atoms with Crippen LogP contribution in [0.1, 0.15) is 27.9 Å². The van der Waals surface area contributed by atoms with E-state index < -0.39 is 11.9 Å². The summed E-state index contributed by atoms with van der Waals surface area (Å²) in [6, 6.07) is 19.8. The molecule has 1 aliphatic heterocycles. The van der Waals surface area contributed by atoms with Crippen LogP contribution in [0.4, 0.5) is 5.69 Å². The molecule has 0 aliphatic carbocycles. The second-order valence-electron chi connectivity index (χ2n) is 7.60. The highest BCUT2D eigenvalue weighted by Crippen LogP contribution is 2.30. The van der Waals surface area contributed by atoms with Crippen LogP contribution in [-0.2, 0) is 16.1 Å². The average molecular weight is 467 g/mol. The minimum Gasteiger partial charge on any atom is -0.322 e. The minimum atomic E-state index is -0.943. The highest BCUT2D eigenvalue weighted by molar-refractivity contribution is 6.31. The van der Waals surface area contributed by atoms with Crippen molar-refractivity contribution in [1.82, 2.24) is 4.90 Å². The average Bonchev–Trinajstić information content (AvgIpc) is 3.07. The molecule has 3 aromatic carbocycles. The molecule has 1 atom stereocenters. The van der Waals surface area contributed by atoms with Gasteiger partial charge in [0.15, 0.2) is 0 Å². The van der Waals surface area contributed by atoms with E-state index in [1.807, 2.05) is 25.1 Å². The van der Waals surface area contributed by atoms with Crippen molar-refractivity contribution in [3.8, 4) is 0 Å². The Morgan fingerprint density at radius 1 is 0.969 bits per heavy atom. The minimum absolute atomic E-state index is 0.102. The number of halogens is 2. The first-order valence-corrected chi connectivity index (χ1v) is 10.8. The SMILES string of the molecule is Cc1ccccc1C(=O)N(Cc1ccccc1Cl)C1CC(=O)N(c2ccc(Cl)cc2)C1=O. The number of carbonyl (C=O) groups excluding carboxylic acids is 3. The number of aryl methyl sites for hydroxylation is 1. The third-order valence-corrected chi connectivity index (χ3v) is 6.14. The smallest absolute Gasteiger partial charge is 0.257 e. The molecule has 0 saturated carbocycles. The number of hydrogen-bond donors (Lipinski definition) is 0. The van der Waals surface area contributed by atoms with E-state index >= 15 is 0 Å². The maximum atomic E-state index is 13.6. The van der Waals surface area contributed by atoms with Crippen molar-refractivity contribution in [3.63, 3.8) is 0 Å². The molecular weight excluding hydrogens is 447 g/mol. The monoisotopic (exact) mass is 466 g/mol. The second kappa shape index (κ2) is 9.15. The molecule has 0 N–H and O–H groups in total. The second-order valence-corrected chi connectivity index (χ2v) is 8.45. The molecule has 0 aromatic heterocycles. The summed E-state index contributed by atoms with van der Waals surface area (Å²) in [5.41, 5.74) is 2.38. The summed E-state index contributed by atoms with van der Waals surface area (Å²) in [5.74, 6) is -1.15. The van der Waals surface area contributed by atoms with Crippen LogP contribution in [0.15, 0.2) is 72.8 Å². The van der Waals surface area contributed by atoms with Crippen molar-refractivity contribution in [2.24, 2.45) is 0 Å². The van der Waals surface area contributed by atoms with Crippen LogP contribution in [0, 0.1) is 6.92 Å². The Morgan fingerprint density at radius 3 is 2.31 bits per heavy atom. The Balaban J connectivity index is 1.72. The van der Waals surface area contributed by atoms with Crippen LogP contribution in [-0.4, -0.2) is 28.7 Å². The van der Waals surface area contributed by atoms with Crippen molar-refractivity contribution in [2.45, 2.75) is 25.9 Å². The molecule has 1 saturated heterocycles. The summed E-state index contributed by atoms with van der Waals surface area (Å²) in [6.45, 7) is 1.94. The van der Waals surface area contributed by atoms with E-state index in [0.29, 0.717) is 26.9 Å². The number of hydrogen-bond acceptors (Lipinski definition) is 3. The molecule has 5 nitrogen and oxygen atoms in total. The van der Waals surface area contributed by atoms with Crippen LogP contribution in [0.3, 0.4) is 0 Å². The topological polar surface area (TPSA) is 57.7 Å². The number of rotatable bonds is 5. The van der Waals surface area contributed by atoms with E-state index in [0.717, 1.165) is 10.5 Å². The molecule has 0 bridgehead atoms. The Labute approximate surface area is 196 Å². The van der Waals surface area contributed by atoms with Gasteiger partial charge >= 0.3 is 0 Å². The largest absolute Gasteiger partial charge is 0.322 e. The Morgan fingerprint density at radius 2 is 1.62 bits per heavy atom. The molecule has 4 rings (SSSR count). The Bertz CT molecular complexity index is 1190. The number of benzene rings is 3. The number of carbonyl (C=O) groups is 3. The summed E-state index contributed by atoms with van der Waals surface area (Å²) in [5, 5.41) is 0.987. The van der Waals surface area contributed by atoms with E-state index in [4.69, 9.17) is 23.2 Å². The molecule has 1 unspecified atom stereocenters. The highest BCUT2D eigenvalue weighted by atomic mass is 35.5. The quantitative estimate of drug-likeness (QED) is 0.480. The third-order valence-electron chi connectivity index (χ3n) is 5.52. The first kappa shape index (κ1) is 22.1. The standard InChI is InChI=1S/C25H20Cl2N2O3/c1-16-6-2-4-8-20(16)24(31)28(15-17-7-3-5-9-21(17)27)22-14-23(30)29(25(22)32)19-12-10-18(26)11-13-19/h2-13,22H,14-15H2,1H3. The van der Waals surface area contributed by atoms with E-state index in [2.05, 4.69) is 0 Å². The lowest BCUT2D eigenvalue weighted by Crippen LogP contribution is -2.45. The zero-order valence-corrected chi connectivity index (χ0v) is 18.8. The molecule has 32 heavy (non-hydrogen) atoms. The van der Waals surface area contributed by atoms with Gasteiger partial charge in [0.2, 0.25) is 5.91 Å². The fourth-order valence-electron chi connectivity index (χ4n) is 3.82. The predicted octanol–water partition coefficient (Wildman–Crippen LogP) is 5.28. The molecule has 1 aliphatic rings. The van der Waals surface area contributed by atoms with Gasteiger partial charge in [-0.05, 0) is 54.4 Å². The van der Waals surface area contributed by atoms with Crippen molar-refractivity contribution in [1.29, 1.82) is 0 Å². The van der Waals surface area contributed by atoms with Gasteiger partial charge in [0.1, 0.15) is 6.04 Å². The van der Waals surface area contributed by atoms with Gasteiger partial charge in [0.05, 0.1) is 12.1 Å². The number of amides is 3. The van der Waals surface area contributed by atoms with Crippen LogP contribution in [0.5, 0.6) is 0 Å². The fourth-order valence-corrected chi connectivity index (χ4v) is 4.14. The molecule has 0 spiro atoms. The van der Waals surface area contributed by atoms with Crippen LogP contribution >= 0.6 is 23.2 Å². The van der Waals surface area contributed by atoms with Crippen molar-refractivity contribution in [2.75, 3.05) is 4.90 Å². The van der Waals surface area contributed by atoms with Crippen LogP contribution in [0.2, 0.25) is 10.0 Å². The van der Waals surface area contributed by atoms with Crippen LogP contribution in [0.25, 0.3) is 0 Å². The molecule has 0 radical (unpaired) electrons. The van der Waals surface area contributed by atoms with Gasteiger partial charge in [0.25, 0.3) is 11.8 Å². The van der Waals surface area contributed by atoms with Gasteiger partial charge in [-0.25, -0.2) is 4.90 Å². The van der Waals surface area contributed by atoms with E-state index in [-0.39, 0.29) is 24.8 Å². The first-order valence-electron chi connectivity index (χ1n) is 10.1. The van der Waals surface area contributed by atoms with Gasteiger partial charge in [-0.1, -0.05) is 59.6 Å². The van der Waals surface area contributed by atoms with E-state index in [1.54, 1.807) is 54.6 Å². The summed E-state index contributed by atoms with van der Waals surface area (Å²) in [6.07, 6.45) is -0.108. The zero-order valence-electron chi connectivity index (χ0n) is 17.3. The molecule has 162 valence electrons. The van der Waals surface area contributed by atoms with Gasteiger partial charge in [-0.3, -0.25) is 14.4 Å². The maximum Gasteiger partial charge on any atom is 0.257 e. The van der Waals surface area contributed by atoms with E-state index in [9.17, 15) is 14.4 Å². The lowest BCUT2D eigenvalue weighted by Gasteiger charge is -2.28. The third kappa shape index (κ3) is 4.27. The van der Waals surface area contributed by atoms with Crippen molar-refractivity contribution >= 4 is 46.6 Å². The molecule has 1 fully saturated rings. The van der Waals surface area contributed by atoms with Crippen molar-refractivity contribution < 1.29 is 14.4 Å². The van der Waals surface area contributed by atoms with Gasteiger partial charge in [-0.2, -0.15) is 0 Å². The predicted molar refractivity (Wildman–Crippen MR) is 125 cm³/mol. The first-order chi connectivity index (χ1) is 15.4. The fraction of sp³-hybridized carbons (Fsp3) is 0.160. The lowest BCUT2D eigenvalue weighted by molar-refractivity contribution is -0.122. The molecule has 3 aromatic rings. The van der Waals surface area contributed by atoms with Gasteiger partial charge in [0, 0.05) is 22.2 Å². The Hall–Kier alpha value is -3.15. The summed E-state index contributed by atoms with van der Waals surface area (Å²) < 4.78 is 0. The highest BCUT2D eigenvalue weighted by Gasteiger charge is 2.44. The summed E-state index contributed by atoms with van der Waals surface area (Å²) >= 11 is 12.3. The molecule has 3 amide bonds. The zero-order chi connectivity index (χ0) is 22.8.